The molecule has 0 aliphatic carbocycles. The summed E-state index contributed by atoms with van der Waals surface area (Å²) >= 11 is 1.52. The second-order valence-corrected chi connectivity index (χ2v) is 10.9. The Hall–Kier alpha value is -2.65. The van der Waals surface area contributed by atoms with Crippen LogP contribution in [0.1, 0.15) is 73.8 Å². The zero-order valence-corrected chi connectivity index (χ0v) is 21.7. The number of benzene rings is 1. The first-order chi connectivity index (χ1) is 17.5. The van der Waals surface area contributed by atoms with Crippen LogP contribution in [0, 0.1) is 17.7 Å². The maximum absolute atomic E-state index is 13.9. The van der Waals surface area contributed by atoms with Crippen LogP contribution in [0.4, 0.5) is 4.39 Å². The Bertz CT molecular complexity index is 1160. The van der Waals surface area contributed by atoms with Crippen LogP contribution in [-0.2, 0) is 20.9 Å². The first kappa shape index (κ1) is 25.0. The molecule has 0 unspecified atom stereocenters. The Morgan fingerprint density at radius 3 is 2.86 bits per heavy atom. The van der Waals surface area contributed by atoms with Gasteiger partial charge in [-0.3, -0.25) is 14.6 Å². The number of rotatable bonds is 7. The number of carbonyl (C=O) groups excluding carboxylic acids is 2. The lowest BCUT2D eigenvalue weighted by molar-refractivity contribution is -0.140. The van der Waals surface area contributed by atoms with E-state index >= 15 is 0 Å². The lowest BCUT2D eigenvalue weighted by atomic mass is 9.90. The average Bonchev–Trinajstić information content (AvgIpc) is 3.65. The summed E-state index contributed by atoms with van der Waals surface area (Å²) in [6.45, 7) is 6.26. The molecule has 192 valence electrons. The predicted octanol–water partition coefficient (Wildman–Crippen LogP) is 4.25. The number of hydrogen-bond donors (Lipinski definition) is 1. The number of halogens is 1. The Labute approximate surface area is 215 Å². The maximum atomic E-state index is 13.9. The third kappa shape index (κ3) is 4.95. The Morgan fingerprint density at radius 2 is 2.08 bits per heavy atom. The van der Waals surface area contributed by atoms with Crippen LogP contribution in [0.5, 0.6) is 0 Å². The van der Waals surface area contributed by atoms with Gasteiger partial charge < -0.3 is 15.0 Å². The van der Waals surface area contributed by atoms with Gasteiger partial charge in [0, 0.05) is 36.6 Å². The van der Waals surface area contributed by atoms with Gasteiger partial charge in [0.1, 0.15) is 22.6 Å². The Morgan fingerprint density at radius 1 is 1.28 bits per heavy atom. The average molecular weight is 513 g/mol. The highest BCUT2D eigenvalue weighted by Gasteiger charge is 2.40. The minimum Gasteiger partial charge on any atom is -0.381 e. The smallest absolute Gasteiger partial charge is 0.246 e. The number of nitrogens with one attached hydrogen (secondary N) is 1. The van der Waals surface area contributed by atoms with Gasteiger partial charge >= 0.3 is 0 Å². The molecule has 7 nitrogen and oxygen atoms in total. The summed E-state index contributed by atoms with van der Waals surface area (Å²) in [5, 5.41) is 5.91. The highest BCUT2D eigenvalue weighted by molar-refractivity contribution is 7.10. The second-order valence-electron chi connectivity index (χ2n) is 9.97. The number of aliphatic imine (C=N–C) groups is 1. The monoisotopic (exact) mass is 512 g/mol. The molecule has 3 aliphatic heterocycles. The number of nitrogens with zero attached hydrogens (tertiary/aromatic N) is 3. The fraction of sp³-hybridized carbons (Fsp3) is 0.556. The first-order valence-electron chi connectivity index (χ1n) is 12.9. The van der Waals surface area contributed by atoms with Crippen molar-refractivity contribution in [1.82, 2.24) is 15.2 Å². The minimum atomic E-state index is -0.551. The number of thiazole rings is 1. The molecule has 3 aliphatic rings. The Balaban J connectivity index is 1.37. The Kier molecular flexibility index (Phi) is 7.48. The lowest BCUT2D eigenvalue weighted by Crippen LogP contribution is -2.54. The fourth-order valence-corrected chi connectivity index (χ4v) is 6.25. The van der Waals surface area contributed by atoms with Crippen molar-refractivity contribution in [3.8, 4) is 0 Å². The van der Waals surface area contributed by atoms with Crippen molar-refractivity contribution in [2.75, 3.05) is 19.8 Å². The molecule has 4 heterocycles. The molecule has 36 heavy (non-hydrogen) atoms. The van der Waals surface area contributed by atoms with Crippen molar-refractivity contribution in [3.63, 3.8) is 0 Å². The fourth-order valence-electron chi connectivity index (χ4n) is 5.30. The third-order valence-electron chi connectivity index (χ3n) is 7.68. The highest BCUT2D eigenvalue weighted by Crippen LogP contribution is 2.36. The topological polar surface area (TPSA) is 83.9 Å². The van der Waals surface area contributed by atoms with E-state index in [-0.39, 0.29) is 35.5 Å². The van der Waals surface area contributed by atoms with Crippen molar-refractivity contribution in [2.45, 2.75) is 64.6 Å². The molecule has 0 saturated carbocycles. The summed E-state index contributed by atoms with van der Waals surface area (Å²) in [7, 11) is 0. The van der Waals surface area contributed by atoms with E-state index in [1.165, 1.54) is 23.5 Å². The zero-order valence-electron chi connectivity index (χ0n) is 20.8. The van der Waals surface area contributed by atoms with E-state index < -0.39 is 6.04 Å². The van der Waals surface area contributed by atoms with Crippen LogP contribution < -0.4 is 5.32 Å². The van der Waals surface area contributed by atoms with Crippen molar-refractivity contribution in [2.24, 2.45) is 16.8 Å². The molecule has 1 aromatic heterocycles. The van der Waals surface area contributed by atoms with E-state index in [2.05, 4.69) is 10.3 Å². The number of amides is 2. The normalized spacial score (nSPS) is 21.7. The number of carbonyl (C=O) groups is 2. The van der Waals surface area contributed by atoms with Crippen LogP contribution in [0.2, 0.25) is 0 Å². The van der Waals surface area contributed by atoms with Gasteiger partial charge in [0.2, 0.25) is 11.8 Å². The van der Waals surface area contributed by atoms with Crippen LogP contribution >= 0.6 is 11.3 Å². The standard InChI is InChI=1S/C27H33FN4O3S/c1-3-16(2)25(33)31-23(17-8-11-35-12-9-17)27(34)32-10-4-5-22(32)26-30-21(15-36-26)24-20-13-19(28)7-6-18(20)14-29-24/h6-7,13,15-17,22-23H,3-5,8-12,14H2,1-2H3,(H,31,33)/t16-,22+,23+/m1/s1. The SMILES string of the molecule is CC[C@@H](C)C(=O)N[C@H](C(=O)N1CCC[C@H]1c1nc(C2=NCc3ccc(F)cc32)cs1)C1CCOCC1. The van der Waals surface area contributed by atoms with Gasteiger partial charge in [0.05, 0.1) is 18.3 Å². The van der Waals surface area contributed by atoms with Gasteiger partial charge in [0.25, 0.3) is 0 Å². The third-order valence-corrected chi connectivity index (χ3v) is 8.63. The van der Waals surface area contributed by atoms with Gasteiger partial charge in [-0.1, -0.05) is 19.9 Å². The van der Waals surface area contributed by atoms with Gasteiger partial charge in [-0.15, -0.1) is 11.3 Å². The molecule has 0 radical (unpaired) electrons. The van der Waals surface area contributed by atoms with E-state index in [0.717, 1.165) is 53.9 Å². The molecule has 9 heteroatoms. The van der Waals surface area contributed by atoms with E-state index in [4.69, 9.17) is 9.72 Å². The van der Waals surface area contributed by atoms with Crippen LogP contribution in [-0.4, -0.2) is 53.2 Å². The van der Waals surface area contributed by atoms with Crippen molar-refractivity contribution in [1.29, 1.82) is 0 Å². The molecule has 2 saturated heterocycles. The van der Waals surface area contributed by atoms with Gasteiger partial charge in [-0.2, -0.15) is 0 Å². The van der Waals surface area contributed by atoms with Gasteiger partial charge in [-0.25, -0.2) is 9.37 Å². The number of fused-ring (bicyclic) bond motifs is 1. The van der Waals surface area contributed by atoms with Crippen LogP contribution in [0.15, 0.2) is 28.6 Å². The molecule has 5 rings (SSSR count). The van der Waals surface area contributed by atoms with Crippen LogP contribution in [0.3, 0.4) is 0 Å². The molecule has 1 N–H and O–H groups in total. The van der Waals surface area contributed by atoms with E-state index in [1.54, 1.807) is 6.07 Å². The van der Waals surface area contributed by atoms with E-state index in [0.29, 0.717) is 32.0 Å². The largest absolute Gasteiger partial charge is 0.381 e. The molecule has 3 atom stereocenters. The summed E-state index contributed by atoms with van der Waals surface area (Å²) in [5.74, 6) is -0.462. The van der Waals surface area contributed by atoms with Crippen molar-refractivity contribution in [3.05, 3.63) is 51.2 Å². The van der Waals surface area contributed by atoms with E-state index in [1.807, 2.05) is 24.1 Å². The minimum absolute atomic E-state index is 0.0246. The highest BCUT2D eigenvalue weighted by atomic mass is 32.1. The van der Waals surface area contributed by atoms with Crippen molar-refractivity contribution < 1.29 is 18.7 Å². The van der Waals surface area contributed by atoms with Gasteiger partial charge in [-0.05, 0) is 55.7 Å². The summed E-state index contributed by atoms with van der Waals surface area (Å²) in [5.41, 5.74) is 3.22. The summed E-state index contributed by atoms with van der Waals surface area (Å²) in [6.07, 6.45) is 3.96. The molecule has 2 amide bonds. The second kappa shape index (κ2) is 10.8. The molecule has 2 aromatic rings. The zero-order chi connectivity index (χ0) is 25.2. The van der Waals surface area contributed by atoms with E-state index in [9.17, 15) is 14.0 Å². The maximum Gasteiger partial charge on any atom is 0.246 e. The predicted molar refractivity (Wildman–Crippen MR) is 136 cm³/mol. The summed E-state index contributed by atoms with van der Waals surface area (Å²) in [6, 6.07) is 4.07. The molecule has 0 spiro atoms. The summed E-state index contributed by atoms with van der Waals surface area (Å²) in [4.78, 5) is 38.1. The number of ether oxygens (including phenoxy) is 1. The number of hydrogen-bond acceptors (Lipinski definition) is 6. The number of likely N-dealkylation sites (tertiary alicyclic amines) is 1. The quantitative estimate of drug-likeness (QED) is 0.601. The summed E-state index contributed by atoms with van der Waals surface area (Å²) < 4.78 is 19.4. The lowest BCUT2D eigenvalue weighted by Gasteiger charge is -2.35. The molecule has 1 aromatic carbocycles. The van der Waals surface area contributed by atoms with Gasteiger partial charge in [0.15, 0.2) is 0 Å². The molecule has 0 bridgehead atoms. The first-order valence-corrected chi connectivity index (χ1v) is 13.8. The van der Waals surface area contributed by atoms with Crippen LogP contribution in [0.25, 0.3) is 0 Å². The molecule has 2 fully saturated rings. The van der Waals surface area contributed by atoms with Crippen molar-refractivity contribution >= 4 is 28.9 Å². The molecular weight excluding hydrogens is 479 g/mol. The number of aromatic nitrogens is 1. The molecular formula is C27H33FN4O3S.